The van der Waals surface area contributed by atoms with E-state index in [1.165, 1.54) is 0 Å². The fourth-order valence-corrected chi connectivity index (χ4v) is 2.29. The number of nitrogens with one attached hydrogen (secondary N) is 2. The van der Waals surface area contributed by atoms with Crippen LogP contribution in [0.2, 0.25) is 0 Å². The van der Waals surface area contributed by atoms with Gasteiger partial charge in [-0.2, -0.15) is 5.10 Å². The summed E-state index contributed by atoms with van der Waals surface area (Å²) in [5.41, 5.74) is 1.04. The van der Waals surface area contributed by atoms with E-state index in [1.807, 2.05) is 13.2 Å². The summed E-state index contributed by atoms with van der Waals surface area (Å²) in [7, 11) is -1.27. The Kier molecular flexibility index (Phi) is 4.91. The maximum Gasteiger partial charge on any atom is 0.212 e. The molecule has 0 saturated heterocycles. The smallest absolute Gasteiger partial charge is 0.212 e. The van der Waals surface area contributed by atoms with E-state index in [9.17, 15) is 8.42 Å². The second kappa shape index (κ2) is 5.97. The van der Waals surface area contributed by atoms with E-state index in [0.29, 0.717) is 19.6 Å². The Labute approximate surface area is 96.1 Å². The summed E-state index contributed by atoms with van der Waals surface area (Å²) in [6.07, 6.45) is 3.65. The summed E-state index contributed by atoms with van der Waals surface area (Å²) < 4.78 is 26.7. The predicted octanol–water partition coefficient (Wildman–Crippen LogP) is -0.551. The molecule has 1 rings (SSSR count). The van der Waals surface area contributed by atoms with Crippen molar-refractivity contribution in [2.24, 2.45) is 7.05 Å². The van der Waals surface area contributed by atoms with E-state index < -0.39 is 10.0 Å². The third kappa shape index (κ3) is 4.73. The molecule has 0 unspecified atom stereocenters. The number of aromatic nitrogens is 2. The maximum atomic E-state index is 11.3. The van der Waals surface area contributed by atoms with Gasteiger partial charge in [0, 0.05) is 38.4 Å². The molecule has 2 N–H and O–H groups in total. The molecule has 0 fully saturated rings. The van der Waals surface area contributed by atoms with Crippen LogP contribution in [0, 0.1) is 0 Å². The molecule has 0 aliphatic carbocycles. The van der Waals surface area contributed by atoms with Crippen molar-refractivity contribution in [2.75, 3.05) is 18.8 Å². The zero-order valence-corrected chi connectivity index (χ0v) is 10.4. The van der Waals surface area contributed by atoms with E-state index in [1.54, 1.807) is 17.8 Å². The first-order valence-corrected chi connectivity index (χ1v) is 6.84. The van der Waals surface area contributed by atoms with Crippen LogP contribution >= 0.6 is 0 Å². The Bertz CT molecular complexity index is 413. The maximum absolute atomic E-state index is 11.3. The fraction of sp³-hybridized carbons (Fsp3) is 0.667. The van der Waals surface area contributed by atoms with Gasteiger partial charge in [-0.1, -0.05) is 6.92 Å². The second-order valence-electron chi connectivity index (χ2n) is 3.52. The topological polar surface area (TPSA) is 76.0 Å². The summed E-state index contributed by atoms with van der Waals surface area (Å²) in [6, 6.07) is 0. The molecule has 0 saturated carbocycles. The summed E-state index contributed by atoms with van der Waals surface area (Å²) in [5.74, 6) is 0.0983. The largest absolute Gasteiger partial charge is 0.311 e. The molecular formula is C9H18N4O2S. The van der Waals surface area contributed by atoms with Gasteiger partial charge < -0.3 is 5.32 Å². The molecule has 1 heterocycles. The minimum atomic E-state index is -3.11. The van der Waals surface area contributed by atoms with Crippen molar-refractivity contribution in [1.82, 2.24) is 19.8 Å². The van der Waals surface area contributed by atoms with Gasteiger partial charge in [0.1, 0.15) is 0 Å². The van der Waals surface area contributed by atoms with Crippen LogP contribution in [0.1, 0.15) is 12.5 Å². The van der Waals surface area contributed by atoms with Gasteiger partial charge >= 0.3 is 0 Å². The highest BCUT2D eigenvalue weighted by molar-refractivity contribution is 7.89. The molecule has 7 heteroatoms. The minimum Gasteiger partial charge on any atom is -0.311 e. The van der Waals surface area contributed by atoms with Gasteiger partial charge in [0.25, 0.3) is 0 Å². The van der Waals surface area contributed by atoms with Crippen LogP contribution in [0.3, 0.4) is 0 Å². The number of sulfonamides is 1. The molecular weight excluding hydrogens is 228 g/mol. The Morgan fingerprint density at radius 3 is 2.81 bits per heavy atom. The predicted molar refractivity (Wildman–Crippen MR) is 62.4 cm³/mol. The van der Waals surface area contributed by atoms with Gasteiger partial charge in [-0.25, -0.2) is 13.1 Å². The Morgan fingerprint density at radius 2 is 2.25 bits per heavy atom. The summed E-state index contributed by atoms with van der Waals surface area (Å²) >= 11 is 0. The highest BCUT2D eigenvalue weighted by Crippen LogP contribution is 1.94. The van der Waals surface area contributed by atoms with E-state index >= 15 is 0 Å². The molecule has 0 spiro atoms. The summed E-state index contributed by atoms with van der Waals surface area (Å²) in [6.45, 7) is 3.27. The van der Waals surface area contributed by atoms with E-state index in [2.05, 4.69) is 15.1 Å². The number of nitrogens with zero attached hydrogens (tertiary/aromatic N) is 2. The van der Waals surface area contributed by atoms with E-state index in [4.69, 9.17) is 0 Å². The second-order valence-corrected chi connectivity index (χ2v) is 5.44. The number of hydrogen-bond acceptors (Lipinski definition) is 4. The zero-order chi connectivity index (χ0) is 12.0. The lowest BCUT2D eigenvalue weighted by atomic mass is 10.3. The molecule has 0 atom stereocenters. The van der Waals surface area contributed by atoms with Crippen LogP contribution in [0.5, 0.6) is 0 Å². The molecule has 1 aromatic heterocycles. The monoisotopic (exact) mass is 246 g/mol. The highest BCUT2D eigenvalue weighted by atomic mass is 32.2. The summed E-state index contributed by atoms with van der Waals surface area (Å²) in [4.78, 5) is 0. The van der Waals surface area contributed by atoms with Crippen molar-refractivity contribution in [1.29, 1.82) is 0 Å². The quantitative estimate of drug-likeness (QED) is 0.633. The lowest BCUT2D eigenvalue weighted by molar-refractivity contribution is 0.578. The Morgan fingerprint density at radius 1 is 1.50 bits per heavy atom. The van der Waals surface area contributed by atoms with E-state index in [-0.39, 0.29) is 5.75 Å². The highest BCUT2D eigenvalue weighted by Gasteiger charge is 2.07. The van der Waals surface area contributed by atoms with Crippen molar-refractivity contribution in [3.63, 3.8) is 0 Å². The molecule has 16 heavy (non-hydrogen) atoms. The van der Waals surface area contributed by atoms with Gasteiger partial charge in [0.15, 0.2) is 0 Å². The number of rotatable bonds is 7. The molecule has 1 aromatic rings. The lowest BCUT2D eigenvalue weighted by Crippen LogP contribution is -2.31. The average Bonchev–Trinajstić information content (AvgIpc) is 2.59. The molecule has 0 aliphatic rings. The van der Waals surface area contributed by atoms with Crippen LogP contribution in [0.15, 0.2) is 12.4 Å². The third-order valence-corrected chi connectivity index (χ3v) is 3.47. The van der Waals surface area contributed by atoms with Gasteiger partial charge in [-0.3, -0.25) is 4.68 Å². The minimum absolute atomic E-state index is 0.0983. The molecule has 0 aromatic carbocycles. The molecule has 6 nitrogen and oxygen atoms in total. The zero-order valence-electron chi connectivity index (χ0n) is 9.60. The summed E-state index contributed by atoms with van der Waals surface area (Å²) in [5, 5.41) is 7.08. The molecule has 0 aliphatic heterocycles. The van der Waals surface area contributed by atoms with Crippen molar-refractivity contribution in [3.8, 4) is 0 Å². The van der Waals surface area contributed by atoms with Crippen LogP contribution in [0.25, 0.3) is 0 Å². The molecule has 0 radical (unpaired) electrons. The average molecular weight is 246 g/mol. The standard InChI is InChI=1S/C9H18N4O2S/c1-3-12-16(14,15)5-4-10-6-9-7-11-13(2)8-9/h7-8,10,12H,3-6H2,1-2H3. The van der Waals surface area contributed by atoms with Crippen LogP contribution in [-0.4, -0.2) is 37.0 Å². The number of hydrogen-bond donors (Lipinski definition) is 2. The Hall–Kier alpha value is -0.920. The number of aryl methyl sites for hydroxylation is 1. The van der Waals surface area contributed by atoms with Crippen molar-refractivity contribution < 1.29 is 8.42 Å². The SMILES string of the molecule is CCNS(=O)(=O)CCNCc1cnn(C)c1. The molecule has 0 amide bonds. The van der Waals surface area contributed by atoms with Crippen molar-refractivity contribution in [2.45, 2.75) is 13.5 Å². The molecule has 0 bridgehead atoms. The van der Waals surface area contributed by atoms with Crippen LogP contribution < -0.4 is 10.0 Å². The van der Waals surface area contributed by atoms with Crippen LogP contribution in [-0.2, 0) is 23.6 Å². The third-order valence-electron chi connectivity index (χ3n) is 2.00. The first-order chi connectivity index (χ1) is 7.53. The Balaban J connectivity index is 2.22. The van der Waals surface area contributed by atoms with E-state index in [0.717, 1.165) is 5.56 Å². The fourth-order valence-electron chi connectivity index (χ4n) is 1.29. The molecule has 92 valence electrons. The first-order valence-electron chi connectivity index (χ1n) is 5.19. The van der Waals surface area contributed by atoms with Gasteiger partial charge in [0.05, 0.1) is 11.9 Å². The van der Waals surface area contributed by atoms with Crippen molar-refractivity contribution in [3.05, 3.63) is 18.0 Å². The lowest BCUT2D eigenvalue weighted by Gasteiger charge is -2.05. The van der Waals surface area contributed by atoms with Gasteiger partial charge in [-0.15, -0.1) is 0 Å². The van der Waals surface area contributed by atoms with Gasteiger partial charge in [-0.05, 0) is 0 Å². The van der Waals surface area contributed by atoms with Crippen LogP contribution in [0.4, 0.5) is 0 Å². The van der Waals surface area contributed by atoms with Crippen molar-refractivity contribution >= 4 is 10.0 Å². The first kappa shape index (κ1) is 13.1. The van der Waals surface area contributed by atoms with Gasteiger partial charge in [0.2, 0.25) is 10.0 Å². The normalized spacial score (nSPS) is 11.9.